The molecule has 0 aliphatic carbocycles. The summed E-state index contributed by atoms with van der Waals surface area (Å²) in [6, 6.07) is 16.2. The Bertz CT molecular complexity index is 790. The molecule has 27 heavy (non-hydrogen) atoms. The first-order valence-corrected chi connectivity index (χ1v) is 8.87. The van der Waals surface area contributed by atoms with Crippen LogP contribution in [-0.4, -0.2) is 37.0 Å². The van der Waals surface area contributed by atoms with Crippen LogP contribution in [0, 0.1) is 0 Å². The smallest absolute Gasteiger partial charge is 0.338 e. The quantitative estimate of drug-likeness (QED) is 0.699. The predicted octanol–water partition coefficient (Wildman–Crippen LogP) is 2.08. The molecule has 0 unspecified atom stereocenters. The Morgan fingerprint density at radius 3 is 2.37 bits per heavy atom. The van der Waals surface area contributed by atoms with Crippen molar-refractivity contribution in [1.82, 2.24) is 10.6 Å². The van der Waals surface area contributed by atoms with Gasteiger partial charge < -0.3 is 15.4 Å². The van der Waals surface area contributed by atoms with Gasteiger partial charge in [-0.25, -0.2) is 4.79 Å². The SMILES string of the molecule is CCNC(=O)[C@H](C)NC(=O)COC(=O)c1ccccc1Cc1ccccc1. The van der Waals surface area contributed by atoms with Gasteiger partial charge in [-0.05, 0) is 37.5 Å². The lowest BCUT2D eigenvalue weighted by Gasteiger charge is -2.14. The van der Waals surface area contributed by atoms with Gasteiger partial charge in [0.05, 0.1) is 5.56 Å². The molecule has 0 saturated heterocycles. The van der Waals surface area contributed by atoms with Gasteiger partial charge in [0.1, 0.15) is 6.04 Å². The zero-order chi connectivity index (χ0) is 19.6. The van der Waals surface area contributed by atoms with Crippen LogP contribution in [0.1, 0.15) is 35.3 Å². The monoisotopic (exact) mass is 368 g/mol. The lowest BCUT2D eigenvalue weighted by molar-refractivity contribution is -0.130. The number of carbonyl (C=O) groups is 3. The molecule has 2 N–H and O–H groups in total. The molecule has 2 rings (SSSR count). The second-order valence-electron chi connectivity index (χ2n) is 6.08. The van der Waals surface area contributed by atoms with Crippen LogP contribution in [0.15, 0.2) is 54.6 Å². The molecule has 0 spiro atoms. The number of carbonyl (C=O) groups excluding carboxylic acids is 3. The van der Waals surface area contributed by atoms with E-state index >= 15 is 0 Å². The minimum atomic E-state index is -0.693. The van der Waals surface area contributed by atoms with Gasteiger partial charge in [-0.2, -0.15) is 0 Å². The second kappa shape index (κ2) is 10.1. The zero-order valence-electron chi connectivity index (χ0n) is 15.5. The third kappa shape index (κ3) is 6.26. The molecule has 0 saturated carbocycles. The molecule has 0 aliphatic rings. The van der Waals surface area contributed by atoms with Gasteiger partial charge in [-0.3, -0.25) is 9.59 Å². The number of nitrogens with one attached hydrogen (secondary N) is 2. The number of hydrogen-bond donors (Lipinski definition) is 2. The molecular formula is C21H24N2O4. The van der Waals surface area contributed by atoms with Crippen LogP contribution >= 0.6 is 0 Å². The molecule has 2 aromatic rings. The normalized spacial score (nSPS) is 11.3. The third-order valence-electron chi connectivity index (χ3n) is 3.93. The van der Waals surface area contributed by atoms with Gasteiger partial charge in [0, 0.05) is 6.54 Å². The lowest BCUT2D eigenvalue weighted by Crippen LogP contribution is -2.46. The van der Waals surface area contributed by atoms with Crippen molar-refractivity contribution in [3.63, 3.8) is 0 Å². The van der Waals surface area contributed by atoms with E-state index in [9.17, 15) is 14.4 Å². The minimum absolute atomic E-state index is 0.287. The van der Waals surface area contributed by atoms with Crippen molar-refractivity contribution in [3.8, 4) is 0 Å². The number of hydrogen-bond acceptors (Lipinski definition) is 4. The van der Waals surface area contributed by atoms with Crippen LogP contribution in [-0.2, 0) is 20.7 Å². The summed E-state index contributed by atoms with van der Waals surface area (Å²) in [5.74, 6) is -1.38. The number of likely N-dealkylation sites (N-methyl/N-ethyl adjacent to an activating group) is 1. The Labute approximate surface area is 158 Å². The lowest BCUT2D eigenvalue weighted by atomic mass is 10.00. The highest BCUT2D eigenvalue weighted by Crippen LogP contribution is 2.15. The molecular weight excluding hydrogens is 344 g/mol. The molecule has 0 fully saturated rings. The fourth-order valence-corrected chi connectivity index (χ4v) is 2.57. The van der Waals surface area contributed by atoms with Crippen molar-refractivity contribution in [2.24, 2.45) is 0 Å². The summed E-state index contributed by atoms with van der Waals surface area (Å²) in [6.07, 6.45) is 0.590. The van der Waals surface area contributed by atoms with E-state index in [1.807, 2.05) is 42.5 Å². The number of esters is 1. The molecule has 2 aromatic carbocycles. The highest BCUT2D eigenvalue weighted by atomic mass is 16.5. The molecule has 1 atom stereocenters. The maximum atomic E-state index is 12.4. The Hall–Kier alpha value is -3.15. The Morgan fingerprint density at radius 2 is 1.67 bits per heavy atom. The molecule has 2 amide bonds. The summed E-state index contributed by atoms with van der Waals surface area (Å²) < 4.78 is 5.13. The van der Waals surface area contributed by atoms with Crippen molar-refractivity contribution in [1.29, 1.82) is 0 Å². The standard InChI is InChI=1S/C21H24N2O4/c1-3-22-20(25)15(2)23-19(24)14-27-21(26)18-12-8-7-11-17(18)13-16-9-5-4-6-10-16/h4-12,15H,3,13-14H2,1-2H3,(H,22,25)(H,23,24)/t15-/m0/s1. The maximum absolute atomic E-state index is 12.4. The summed E-state index contributed by atoms with van der Waals surface area (Å²) >= 11 is 0. The molecule has 0 heterocycles. The van der Waals surface area contributed by atoms with Crippen LogP contribution in [0.3, 0.4) is 0 Å². The molecule has 0 radical (unpaired) electrons. The van der Waals surface area contributed by atoms with Crippen molar-refractivity contribution < 1.29 is 19.1 Å². The van der Waals surface area contributed by atoms with Crippen LogP contribution in [0.25, 0.3) is 0 Å². The second-order valence-corrected chi connectivity index (χ2v) is 6.08. The number of ether oxygens (including phenoxy) is 1. The van der Waals surface area contributed by atoms with Gasteiger partial charge in [0.15, 0.2) is 6.61 Å². The first-order chi connectivity index (χ1) is 13.0. The highest BCUT2D eigenvalue weighted by Gasteiger charge is 2.17. The highest BCUT2D eigenvalue weighted by molar-refractivity contribution is 5.93. The van der Waals surface area contributed by atoms with Gasteiger partial charge >= 0.3 is 5.97 Å². The van der Waals surface area contributed by atoms with Crippen LogP contribution in [0.5, 0.6) is 0 Å². The van der Waals surface area contributed by atoms with Gasteiger partial charge in [0.25, 0.3) is 5.91 Å². The zero-order valence-corrected chi connectivity index (χ0v) is 15.5. The van der Waals surface area contributed by atoms with Gasteiger partial charge in [0.2, 0.25) is 5.91 Å². The summed E-state index contributed by atoms with van der Waals surface area (Å²) in [5, 5.41) is 5.11. The average Bonchev–Trinajstić information content (AvgIpc) is 2.67. The minimum Gasteiger partial charge on any atom is -0.452 e. The summed E-state index contributed by atoms with van der Waals surface area (Å²) in [4.78, 5) is 35.9. The van der Waals surface area contributed by atoms with Gasteiger partial charge in [-0.15, -0.1) is 0 Å². The van der Waals surface area contributed by atoms with E-state index in [-0.39, 0.29) is 5.91 Å². The maximum Gasteiger partial charge on any atom is 0.338 e. The average molecular weight is 368 g/mol. The largest absolute Gasteiger partial charge is 0.452 e. The summed E-state index contributed by atoms with van der Waals surface area (Å²) in [5.41, 5.74) is 2.32. The molecule has 6 nitrogen and oxygen atoms in total. The van der Waals surface area contributed by atoms with E-state index in [1.165, 1.54) is 0 Å². The van der Waals surface area contributed by atoms with E-state index in [4.69, 9.17) is 4.74 Å². The molecule has 0 aromatic heterocycles. The topological polar surface area (TPSA) is 84.5 Å². The fraction of sp³-hybridized carbons (Fsp3) is 0.286. The first-order valence-electron chi connectivity index (χ1n) is 8.87. The van der Waals surface area contributed by atoms with Crippen LogP contribution in [0.2, 0.25) is 0 Å². The summed E-state index contributed by atoms with van der Waals surface area (Å²) in [7, 11) is 0. The number of rotatable bonds is 8. The van der Waals surface area contributed by atoms with Crippen molar-refractivity contribution in [2.45, 2.75) is 26.3 Å². The van der Waals surface area contributed by atoms with E-state index < -0.39 is 24.5 Å². The van der Waals surface area contributed by atoms with Gasteiger partial charge in [-0.1, -0.05) is 48.5 Å². The predicted molar refractivity (Wildman–Crippen MR) is 102 cm³/mol. The van der Waals surface area contributed by atoms with E-state index in [0.29, 0.717) is 18.5 Å². The number of amides is 2. The fourth-order valence-electron chi connectivity index (χ4n) is 2.57. The van der Waals surface area contributed by atoms with Crippen molar-refractivity contribution in [3.05, 3.63) is 71.3 Å². The van der Waals surface area contributed by atoms with E-state index in [1.54, 1.807) is 26.0 Å². The van der Waals surface area contributed by atoms with E-state index in [0.717, 1.165) is 11.1 Å². The molecule has 6 heteroatoms. The Kier molecular flexibility index (Phi) is 7.55. The summed E-state index contributed by atoms with van der Waals surface area (Å²) in [6.45, 7) is 3.40. The molecule has 0 bridgehead atoms. The van der Waals surface area contributed by atoms with Crippen molar-refractivity contribution in [2.75, 3.05) is 13.2 Å². The van der Waals surface area contributed by atoms with Crippen LogP contribution < -0.4 is 10.6 Å². The molecule has 142 valence electrons. The molecule has 0 aliphatic heterocycles. The number of benzene rings is 2. The Morgan fingerprint density at radius 1 is 1.00 bits per heavy atom. The van der Waals surface area contributed by atoms with Crippen LogP contribution in [0.4, 0.5) is 0 Å². The van der Waals surface area contributed by atoms with E-state index in [2.05, 4.69) is 10.6 Å². The Balaban J connectivity index is 1.94. The van der Waals surface area contributed by atoms with Crippen molar-refractivity contribution >= 4 is 17.8 Å². The third-order valence-corrected chi connectivity index (χ3v) is 3.93. The first kappa shape index (κ1) is 20.2.